The van der Waals surface area contributed by atoms with E-state index in [1.165, 1.54) is 7.11 Å². The van der Waals surface area contributed by atoms with E-state index >= 15 is 0 Å². The van der Waals surface area contributed by atoms with Crippen molar-refractivity contribution in [3.63, 3.8) is 0 Å². The van der Waals surface area contributed by atoms with Crippen molar-refractivity contribution in [2.45, 2.75) is 12.5 Å². The lowest BCUT2D eigenvalue weighted by molar-refractivity contribution is -0.133. The molecule has 11 heteroatoms. The number of benzene rings is 1. The molecule has 1 aliphatic rings. The largest absolute Gasteiger partial charge is 0.496 e. The second-order valence-corrected chi connectivity index (χ2v) is 9.77. The van der Waals surface area contributed by atoms with Crippen molar-refractivity contribution in [2.24, 2.45) is 0 Å². The number of amides is 2. The zero-order chi connectivity index (χ0) is 23.1. The number of piperazine rings is 1. The van der Waals surface area contributed by atoms with E-state index < -0.39 is 21.8 Å². The zero-order valence-corrected chi connectivity index (χ0v) is 18.9. The number of hydrogen-bond acceptors (Lipinski definition) is 8. The molecule has 1 atom stereocenters. The molecule has 3 rings (SSSR count). The van der Waals surface area contributed by atoms with Crippen molar-refractivity contribution >= 4 is 27.6 Å². The molecule has 0 spiro atoms. The summed E-state index contributed by atoms with van der Waals surface area (Å²) in [6.45, 7) is 1.90. The fourth-order valence-electron chi connectivity index (χ4n) is 3.46. The average molecular weight is 462 g/mol. The van der Waals surface area contributed by atoms with Crippen LogP contribution in [0.3, 0.4) is 0 Å². The summed E-state index contributed by atoms with van der Waals surface area (Å²) in [5.41, 5.74) is 0.276. The van der Waals surface area contributed by atoms with Crippen LogP contribution in [0.15, 0.2) is 42.7 Å². The molecule has 172 valence electrons. The number of sulfone groups is 1. The van der Waals surface area contributed by atoms with Crippen molar-refractivity contribution in [2.75, 3.05) is 50.2 Å². The Morgan fingerprint density at radius 2 is 1.75 bits per heavy atom. The molecule has 2 amide bonds. The molecule has 1 N–H and O–H groups in total. The first-order chi connectivity index (χ1) is 15.3. The van der Waals surface area contributed by atoms with Gasteiger partial charge in [0.15, 0.2) is 0 Å². The highest BCUT2D eigenvalue weighted by Crippen LogP contribution is 2.18. The molecule has 1 aliphatic heterocycles. The molecule has 0 saturated carbocycles. The first-order valence-electron chi connectivity index (χ1n) is 10.2. The summed E-state index contributed by atoms with van der Waals surface area (Å²) >= 11 is 0. The van der Waals surface area contributed by atoms with E-state index in [4.69, 9.17) is 4.74 Å². The Bertz CT molecular complexity index is 1040. The third-order valence-electron chi connectivity index (χ3n) is 5.16. The van der Waals surface area contributed by atoms with Gasteiger partial charge in [-0.3, -0.25) is 9.59 Å². The van der Waals surface area contributed by atoms with Crippen molar-refractivity contribution in [1.29, 1.82) is 0 Å². The van der Waals surface area contributed by atoms with Crippen LogP contribution in [0.2, 0.25) is 0 Å². The maximum absolute atomic E-state index is 13.2. The van der Waals surface area contributed by atoms with E-state index in [1.54, 1.807) is 47.6 Å². The smallest absolute Gasteiger partial charge is 0.255 e. The zero-order valence-electron chi connectivity index (χ0n) is 18.1. The lowest BCUT2D eigenvalue weighted by Gasteiger charge is -2.36. The van der Waals surface area contributed by atoms with Gasteiger partial charge in [-0.1, -0.05) is 12.1 Å². The summed E-state index contributed by atoms with van der Waals surface area (Å²) < 4.78 is 28.6. The highest BCUT2D eigenvalue weighted by molar-refractivity contribution is 7.90. The number of carbonyl (C=O) groups excluding carboxylic acids is 2. The first-order valence-corrected chi connectivity index (χ1v) is 12.3. The van der Waals surface area contributed by atoms with Gasteiger partial charge < -0.3 is 19.9 Å². The maximum Gasteiger partial charge on any atom is 0.255 e. The average Bonchev–Trinajstić information content (AvgIpc) is 2.81. The van der Waals surface area contributed by atoms with Crippen LogP contribution in [0.5, 0.6) is 5.75 Å². The molecule has 0 radical (unpaired) electrons. The minimum absolute atomic E-state index is 0.0133. The minimum Gasteiger partial charge on any atom is -0.496 e. The molecule has 1 aromatic heterocycles. The lowest BCUT2D eigenvalue weighted by atomic mass is 10.1. The summed E-state index contributed by atoms with van der Waals surface area (Å²) in [5.74, 6) is -0.0578. The molecule has 1 fully saturated rings. The fraction of sp³-hybridized carbons (Fsp3) is 0.429. The van der Waals surface area contributed by atoms with Gasteiger partial charge in [0, 0.05) is 44.8 Å². The monoisotopic (exact) mass is 461 g/mol. The van der Waals surface area contributed by atoms with Crippen molar-refractivity contribution in [3.8, 4) is 5.75 Å². The molecule has 1 aromatic carbocycles. The number of para-hydroxylation sites is 1. The normalized spacial score (nSPS) is 15.2. The Hall–Kier alpha value is -3.21. The second-order valence-electron chi connectivity index (χ2n) is 7.51. The van der Waals surface area contributed by atoms with Crippen LogP contribution in [0.4, 0.5) is 5.95 Å². The molecule has 10 nitrogen and oxygen atoms in total. The highest BCUT2D eigenvalue weighted by atomic mass is 32.2. The minimum atomic E-state index is -3.31. The van der Waals surface area contributed by atoms with Crippen LogP contribution in [-0.4, -0.2) is 86.4 Å². The number of nitrogens with one attached hydrogen (secondary N) is 1. The summed E-state index contributed by atoms with van der Waals surface area (Å²) in [6, 6.07) is 7.42. The Morgan fingerprint density at radius 1 is 1.09 bits per heavy atom. The number of anilines is 1. The topological polar surface area (TPSA) is 122 Å². The molecule has 0 aliphatic carbocycles. The van der Waals surface area contributed by atoms with Gasteiger partial charge in [0.1, 0.15) is 21.6 Å². The van der Waals surface area contributed by atoms with Gasteiger partial charge in [-0.25, -0.2) is 18.4 Å². The number of aromatic nitrogens is 2. The van der Waals surface area contributed by atoms with Crippen molar-refractivity contribution in [1.82, 2.24) is 20.2 Å². The van der Waals surface area contributed by atoms with Crippen molar-refractivity contribution < 1.29 is 22.7 Å². The van der Waals surface area contributed by atoms with Gasteiger partial charge in [0.25, 0.3) is 5.91 Å². The predicted octanol–water partition coefficient (Wildman–Crippen LogP) is 0.367. The van der Waals surface area contributed by atoms with E-state index in [0.29, 0.717) is 37.9 Å². The number of carbonyl (C=O) groups is 2. The second kappa shape index (κ2) is 10.4. The molecule has 1 saturated heterocycles. The molecule has 0 bridgehead atoms. The van der Waals surface area contributed by atoms with E-state index in [9.17, 15) is 18.0 Å². The van der Waals surface area contributed by atoms with Crippen LogP contribution in [0.25, 0.3) is 0 Å². The molecule has 2 heterocycles. The number of methoxy groups -OCH3 is 1. The molecule has 32 heavy (non-hydrogen) atoms. The van der Waals surface area contributed by atoms with Crippen LogP contribution in [-0.2, 0) is 14.6 Å². The third kappa shape index (κ3) is 6.16. The summed E-state index contributed by atoms with van der Waals surface area (Å²) in [6.07, 6.45) is 4.42. The van der Waals surface area contributed by atoms with Crippen LogP contribution in [0.1, 0.15) is 16.8 Å². The predicted molar refractivity (Wildman–Crippen MR) is 119 cm³/mol. The number of ether oxygens (including phenoxy) is 1. The molecular weight excluding hydrogens is 434 g/mol. The molecular formula is C21H27N5O5S. The van der Waals surface area contributed by atoms with E-state index in [1.807, 2.05) is 4.90 Å². The van der Waals surface area contributed by atoms with Gasteiger partial charge in [-0.05, 0) is 24.6 Å². The SMILES string of the molecule is COc1ccccc1C(=O)N[C@@H](CCS(C)(=O)=O)C(=O)N1CCN(c2ncccn2)CC1. The Labute approximate surface area is 187 Å². The van der Waals surface area contributed by atoms with E-state index in [0.717, 1.165) is 6.26 Å². The lowest BCUT2D eigenvalue weighted by Crippen LogP contribution is -2.55. The molecule has 2 aromatic rings. The molecule has 0 unspecified atom stereocenters. The first kappa shape index (κ1) is 23.5. The fourth-order valence-corrected chi connectivity index (χ4v) is 4.12. The Morgan fingerprint density at radius 3 is 2.38 bits per heavy atom. The van der Waals surface area contributed by atoms with Gasteiger partial charge in [-0.15, -0.1) is 0 Å². The standard InChI is InChI=1S/C21H27N5O5S/c1-31-18-7-4-3-6-16(18)19(27)24-17(8-15-32(2,29)30)20(28)25-11-13-26(14-12-25)21-22-9-5-10-23-21/h3-7,9-10,17H,8,11-15H2,1-2H3,(H,24,27)/t17-/m0/s1. The van der Waals surface area contributed by atoms with E-state index in [-0.39, 0.29) is 23.6 Å². The van der Waals surface area contributed by atoms with E-state index in [2.05, 4.69) is 15.3 Å². The van der Waals surface area contributed by atoms with Gasteiger partial charge in [0.05, 0.1) is 18.4 Å². The quantitative estimate of drug-likeness (QED) is 0.598. The van der Waals surface area contributed by atoms with Gasteiger partial charge in [-0.2, -0.15) is 0 Å². The highest BCUT2D eigenvalue weighted by Gasteiger charge is 2.30. The van der Waals surface area contributed by atoms with Crippen LogP contribution >= 0.6 is 0 Å². The summed E-state index contributed by atoms with van der Waals surface area (Å²) in [7, 11) is -1.86. The third-order valence-corrected chi connectivity index (χ3v) is 6.14. The number of hydrogen-bond donors (Lipinski definition) is 1. The number of nitrogens with zero attached hydrogens (tertiary/aromatic N) is 4. The number of rotatable bonds is 8. The Kier molecular flexibility index (Phi) is 7.62. The van der Waals surface area contributed by atoms with Crippen LogP contribution < -0.4 is 15.0 Å². The van der Waals surface area contributed by atoms with Crippen LogP contribution in [0, 0.1) is 0 Å². The van der Waals surface area contributed by atoms with Gasteiger partial charge in [0.2, 0.25) is 11.9 Å². The summed E-state index contributed by atoms with van der Waals surface area (Å²) in [5, 5.41) is 2.71. The summed E-state index contributed by atoms with van der Waals surface area (Å²) in [4.78, 5) is 38.1. The Balaban J connectivity index is 1.70. The maximum atomic E-state index is 13.2. The van der Waals surface area contributed by atoms with Gasteiger partial charge >= 0.3 is 0 Å². The van der Waals surface area contributed by atoms with Crippen molar-refractivity contribution in [3.05, 3.63) is 48.3 Å².